The molecule has 0 saturated carbocycles. The van der Waals surface area contributed by atoms with Crippen LogP contribution in [0.15, 0.2) is 47.5 Å². The van der Waals surface area contributed by atoms with Gasteiger partial charge in [-0.25, -0.2) is 8.78 Å². The Labute approximate surface area is 171 Å². The normalized spacial score (nSPS) is 20.9. The lowest BCUT2D eigenvalue weighted by molar-refractivity contribution is -0.0265. The van der Waals surface area contributed by atoms with Crippen LogP contribution < -0.4 is 10.6 Å². The Kier molecular flexibility index (Phi) is 7.20. The first-order valence-corrected chi connectivity index (χ1v) is 10.1. The van der Waals surface area contributed by atoms with E-state index in [1.54, 1.807) is 7.05 Å². The second-order valence-electron chi connectivity index (χ2n) is 7.59. The van der Waals surface area contributed by atoms with Crippen molar-refractivity contribution in [3.63, 3.8) is 0 Å². The third-order valence-electron chi connectivity index (χ3n) is 5.39. The maximum absolute atomic E-state index is 14.0. The first-order valence-electron chi connectivity index (χ1n) is 10.1. The Bertz CT molecular complexity index is 839. The number of benzene rings is 2. The molecule has 0 aliphatic carbocycles. The molecule has 0 bridgehead atoms. The molecule has 3 unspecified atom stereocenters. The van der Waals surface area contributed by atoms with Gasteiger partial charge in [0.15, 0.2) is 5.96 Å². The Hall–Kier alpha value is -2.47. The fourth-order valence-electron chi connectivity index (χ4n) is 3.73. The molecule has 0 amide bonds. The minimum absolute atomic E-state index is 0.0434. The van der Waals surface area contributed by atoms with Crippen LogP contribution >= 0.6 is 0 Å². The lowest BCUT2D eigenvalue weighted by Crippen LogP contribution is -2.42. The molecule has 1 aliphatic heterocycles. The lowest BCUT2D eigenvalue weighted by atomic mass is 9.89. The van der Waals surface area contributed by atoms with Gasteiger partial charge >= 0.3 is 0 Å². The van der Waals surface area contributed by atoms with Gasteiger partial charge in [-0.3, -0.25) is 4.99 Å². The number of nitrogens with one attached hydrogen (secondary N) is 2. The second-order valence-corrected chi connectivity index (χ2v) is 7.59. The number of rotatable bonds is 5. The van der Waals surface area contributed by atoms with Crippen LogP contribution in [-0.4, -0.2) is 26.2 Å². The molecule has 4 nitrogen and oxygen atoms in total. The highest BCUT2D eigenvalue weighted by Gasteiger charge is 2.27. The van der Waals surface area contributed by atoms with E-state index in [2.05, 4.69) is 46.8 Å². The summed E-state index contributed by atoms with van der Waals surface area (Å²) >= 11 is 0. The van der Waals surface area contributed by atoms with E-state index >= 15 is 0 Å². The minimum Gasteiger partial charge on any atom is -0.373 e. The number of aliphatic imine (C=N–C) groups is 1. The summed E-state index contributed by atoms with van der Waals surface area (Å²) in [7, 11) is 1.68. The highest BCUT2D eigenvalue weighted by atomic mass is 19.1. The molecule has 3 rings (SSSR count). The van der Waals surface area contributed by atoms with Crippen LogP contribution in [0.3, 0.4) is 0 Å². The molecule has 1 fully saturated rings. The molecule has 156 valence electrons. The molecular weight excluding hydrogens is 372 g/mol. The Morgan fingerprint density at radius 1 is 1.21 bits per heavy atom. The van der Waals surface area contributed by atoms with Crippen molar-refractivity contribution in [3.05, 3.63) is 70.8 Å². The second kappa shape index (κ2) is 9.83. The molecule has 2 aromatic rings. The summed E-state index contributed by atoms with van der Waals surface area (Å²) in [6, 6.07) is 11.7. The molecule has 6 heteroatoms. The molecule has 1 aliphatic rings. The number of aryl methyl sites for hydroxylation is 1. The molecular formula is C23H29F2N3O. The zero-order valence-corrected chi connectivity index (χ0v) is 17.2. The van der Waals surface area contributed by atoms with Crippen molar-refractivity contribution in [3.8, 4) is 0 Å². The van der Waals surface area contributed by atoms with E-state index in [4.69, 9.17) is 4.74 Å². The first kappa shape index (κ1) is 21.2. The maximum Gasteiger partial charge on any atom is 0.191 e. The fourth-order valence-corrected chi connectivity index (χ4v) is 3.73. The van der Waals surface area contributed by atoms with Crippen LogP contribution in [0.1, 0.15) is 48.6 Å². The standard InChI is InChI=1S/C23H29F2N3O/c1-15-6-8-17(9-7-15)22-18(5-4-12-29-22)14-27-23(26-3)28-16(2)20-11-10-19(24)13-21(20)25/h6-11,13,16,18,22H,4-5,12,14H2,1-3H3,(H2,26,27,28). The average Bonchev–Trinajstić information content (AvgIpc) is 2.71. The van der Waals surface area contributed by atoms with Crippen molar-refractivity contribution in [2.75, 3.05) is 20.2 Å². The van der Waals surface area contributed by atoms with Gasteiger partial charge in [0, 0.05) is 37.7 Å². The molecule has 2 aromatic carbocycles. The van der Waals surface area contributed by atoms with Gasteiger partial charge in [0.05, 0.1) is 12.1 Å². The van der Waals surface area contributed by atoms with Crippen LogP contribution in [0.25, 0.3) is 0 Å². The largest absolute Gasteiger partial charge is 0.373 e. The maximum atomic E-state index is 14.0. The summed E-state index contributed by atoms with van der Waals surface area (Å²) in [4.78, 5) is 4.25. The molecule has 2 N–H and O–H groups in total. The van der Waals surface area contributed by atoms with Gasteiger partial charge in [-0.05, 0) is 38.3 Å². The lowest BCUT2D eigenvalue weighted by Gasteiger charge is -2.33. The number of nitrogens with zero attached hydrogens (tertiary/aromatic N) is 1. The smallest absolute Gasteiger partial charge is 0.191 e. The Morgan fingerprint density at radius 2 is 1.97 bits per heavy atom. The molecule has 0 aromatic heterocycles. The van der Waals surface area contributed by atoms with Crippen molar-refractivity contribution in [2.24, 2.45) is 10.9 Å². The fraction of sp³-hybridized carbons (Fsp3) is 0.435. The number of guanidine groups is 1. The number of halogens is 2. The third-order valence-corrected chi connectivity index (χ3v) is 5.39. The van der Waals surface area contributed by atoms with Crippen LogP contribution in [0, 0.1) is 24.5 Å². The zero-order chi connectivity index (χ0) is 20.8. The summed E-state index contributed by atoms with van der Waals surface area (Å²) in [5.74, 6) is -0.265. The molecule has 1 heterocycles. The summed E-state index contributed by atoms with van der Waals surface area (Å²) in [6.07, 6.45) is 2.13. The van der Waals surface area contributed by atoms with E-state index in [9.17, 15) is 8.78 Å². The summed E-state index contributed by atoms with van der Waals surface area (Å²) < 4.78 is 33.3. The van der Waals surface area contributed by atoms with Gasteiger partial charge in [0.1, 0.15) is 11.6 Å². The van der Waals surface area contributed by atoms with Crippen molar-refractivity contribution < 1.29 is 13.5 Å². The van der Waals surface area contributed by atoms with E-state index in [0.717, 1.165) is 25.5 Å². The van der Waals surface area contributed by atoms with Gasteiger partial charge in [0.2, 0.25) is 0 Å². The Morgan fingerprint density at radius 3 is 2.66 bits per heavy atom. The van der Waals surface area contributed by atoms with Crippen LogP contribution in [0.5, 0.6) is 0 Å². The van der Waals surface area contributed by atoms with Crippen LogP contribution in [-0.2, 0) is 4.74 Å². The van der Waals surface area contributed by atoms with E-state index < -0.39 is 11.6 Å². The number of ether oxygens (including phenoxy) is 1. The monoisotopic (exact) mass is 401 g/mol. The van der Waals surface area contributed by atoms with E-state index in [-0.39, 0.29) is 12.1 Å². The van der Waals surface area contributed by atoms with E-state index in [1.165, 1.54) is 23.3 Å². The predicted octanol–water partition coefficient (Wildman–Crippen LogP) is 4.67. The van der Waals surface area contributed by atoms with Crippen molar-refractivity contribution in [1.82, 2.24) is 10.6 Å². The van der Waals surface area contributed by atoms with Gasteiger partial charge in [0.25, 0.3) is 0 Å². The van der Waals surface area contributed by atoms with Gasteiger partial charge in [-0.1, -0.05) is 35.9 Å². The summed E-state index contributed by atoms with van der Waals surface area (Å²) in [5.41, 5.74) is 2.81. The predicted molar refractivity (Wildman–Crippen MR) is 112 cm³/mol. The van der Waals surface area contributed by atoms with E-state index in [1.807, 2.05) is 6.92 Å². The first-order chi connectivity index (χ1) is 14.0. The highest BCUT2D eigenvalue weighted by Crippen LogP contribution is 2.33. The molecule has 3 atom stereocenters. The topological polar surface area (TPSA) is 45.7 Å². The highest BCUT2D eigenvalue weighted by molar-refractivity contribution is 5.80. The average molecular weight is 402 g/mol. The molecule has 1 saturated heterocycles. The molecule has 0 spiro atoms. The quantitative estimate of drug-likeness (QED) is 0.565. The van der Waals surface area contributed by atoms with Gasteiger partial charge in [-0.2, -0.15) is 0 Å². The minimum atomic E-state index is -0.583. The van der Waals surface area contributed by atoms with Crippen molar-refractivity contribution in [2.45, 2.75) is 38.8 Å². The van der Waals surface area contributed by atoms with E-state index in [0.29, 0.717) is 24.0 Å². The number of hydrogen-bond acceptors (Lipinski definition) is 2. The van der Waals surface area contributed by atoms with Crippen molar-refractivity contribution >= 4 is 5.96 Å². The molecule has 29 heavy (non-hydrogen) atoms. The molecule has 0 radical (unpaired) electrons. The van der Waals surface area contributed by atoms with Crippen LogP contribution in [0.2, 0.25) is 0 Å². The summed E-state index contributed by atoms with van der Waals surface area (Å²) in [5, 5.41) is 6.52. The van der Waals surface area contributed by atoms with Gasteiger partial charge in [-0.15, -0.1) is 0 Å². The third kappa shape index (κ3) is 5.54. The van der Waals surface area contributed by atoms with Gasteiger partial charge < -0.3 is 15.4 Å². The van der Waals surface area contributed by atoms with Crippen LogP contribution in [0.4, 0.5) is 8.78 Å². The van der Waals surface area contributed by atoms with Crippen molar-refractivity contribution in [1.29, 1.82) is 0 Å². The summed E-state index contributed by atoms with van der Waals surface area (Å²) in [6.45, 7) is 5.35. The Balaban J connectivity index is 1.62. The zero-order valence-electron chi connectivity index (χ0n) is 17.2. The SMILES string of the molecule is CN=C(NCC1CCCOC1c1ccc(C)cc1)NC(C)c1ccc(F)cc1F. The number of hydrogen-bond donors (Lipinski definition) is 2.